The van der Waals surface area contributed by atoms with Gasteiger partial charge in [-0.2, -0.15) is 4.98 Å². The van der Waals surface area contributed by atoms with Crippen molar-refractivity contribution >= 4 is 52.5 Å². The predicted octanol–water partition coefficient (Wildman–Crippen LogP) is 6.73. The molecule has 2 aromatic carbocycles. The third kappa shape index (κ3) is 8.08. The zero-order chi connectivity index (χ0) is 31.1. The molecule has 2 aliphatic rings. The highest BCUT2D eigenvalue weighted by Crippen LogP contribution is 2.41. The second-order valence-corrected chi connectivity index (χ2v) is 12.0. The highest BCUT2D eigenvalue weighted by molar-refractivity contribution is 6.05. The molecule has 0 bridgehead atoms. The van der Waals surface area contributed by atoms with Crippen molar-refractivity contribution in [3.8, 4) is 0 Å². The molecule has 1 aromatic heterocycles. The molecule has 10 nitrogen and oxygen atoms in total. The van der Waals surface area contributed by atoms with Crippen LogP contribution in [-0.4, -0.2) is 59.6 Å². The topological polar surface area (TPSA) is 124 Å². The van der Waals surface area contributed by atoms with Crippen LogP contribution in [0.3, 0.4) is 0 Å². The molecule has 2 heterocycles. The quantitative estimate of drug-likeness (QED) is 0.182. The minimum absolute atomic E-state index is 0.130. The lowest BCUT2D eigenvalue weighted by atomic mass is 9.94. The Morgan fingerprint density at radius 1 is 0.955 bits per heavy atom. The Kier molecular flexibility index (Phi) is 10.0. The van der Waals surface area contributed by atoms with E-state index in [1.54, 1.807) is 30.3 Å². The molecule has 1 aliphatic heterocycles. The number of benzene rings is 2. The third-order valence-corrected chi connectivity index (χ3v) is 7.79. The van der Waals surface area contributed by atoms with E-state index in [9.17, 15) is 9.59 Å². The SMILES string of the molecule is CC(C)C1C=Nc2c(Nc3cccc(NC(=O)c4ccc(NC(=O)/C=C/CN(C)C)cc4)c3)nc(NC3CCCCC3)nc21. The van der Waals surface area contributed by atoms with Gasteiger partial charge in [0.05, 0.1) is 5.69 Å². The fourth-order valence-electron chi connectivity index (χ4n) is 5.40. The second-order valence-electron chi connectivity index (χ2n) is 12.0. The molecule has 1 fully saturated rings. The maximum Gasteiger partial charge on any atom is 0.255 e. The fraction of sp³-hybridized carbons (Fsp3) is 0.382. The molecule has 2 amide bonds. The van der Waals surface area contributed by atoms with Gasteiger partial charge in [-0.05, 0) is 75.3 Å². The summed E-state index contributed by atoms with van der Waals surface area (Å²) in [6.07, 6.45) is 11.2. The fourth-order valence-corrected chi connectivity index (χ4v) is 5.40. The maximum absolute atomic E-state index is 13.0. The molecule has 0 saturated heterocycles. The summed E-state index contributed by atoms with van der Waals surface area (Å²) < 4.78 is 0. The Balaban J connectivity index is 1.27. The van der Waals surface area contributed by atoms with Crippen LogP contribution in [0.5, 0.6) is 0 Å². The van der Waals surface area contributed by atoms with Gasteiger partial charge < -0.3 is 26.2 Å². The number of aromatic nitrogens is 2. The summed E-state index contributed by atoms with van der Waals surface area (Å²) in [5, 5.41) is 12.8. The van der Waals surface area contributed by atoms with Crippen LogP contribution in [0.1, 0.15) is 67.9 Å². The highest BCUT2D eigenvalue weighted by atomic mass is 16.2. The lowest BCUT2D eigenvalue weighted by Gasteiger charge is -2.24. The van der Waals surface area contributed by atoms with Gasteiger partial charge in [-0.25, -0.2) is 4.98 Å². The van der Waals surface area contributed by atoms with Crippen LogP contribution >= 0.6 is 0 Å². The smallest absolute Gasteiger partial charge is 0.255 e. The van der Waals surface area contributed by atoms with Gasteiger partial charge in [0.1, 0.15) is 5.69 Å². The number of hydrogen-bond donors (Lipinski definition) is 4. The Morgan fingerprint density at radius 3 is 2.43 bits per heavy atom. The Morgan fingerprint density at radius 2 is 1.70 bits per heavy atom. The van der Waals surface area contributed by atoms with Crippen LogP contribution in [0.4, 0.5) is 34.5 Å². The number of aliphatic imine (C=N–C) groups is 1. The molecule has 5 rings (SSSR count). The van der Waals surface area contributed by atoms with Crippen LogP contribution in [-0.2, 0) is 4.79 Å². The van der Waals surface area contributed by atoms with Gasteiger partial charge in [-0.1, -0.05) is 45.3 Å². The molecule has 1 atom stereocenters. The van der Waals surface area contributed by atoms with Crippen molar-refractivity contribution in [2.45, 2.75) is 57.9 Å². The van der Waals surface area contributed by atoms with E-state index >= 15 is 0 Å². The normalized spacial score (nSPS) is 16.4. The van der Waals surface area contributed by atoms with Crippen LogP contribution in [0, 0.1) is 5.92 Å². The first-order chi connectivity index (χ1) is 21.2. The van der Waals surface area contributed by atoms with Crippen molar-refractivity contribution in [1.29, 1.82) is 0 Å². The Bertz CT molecular complexity index is 1520. The number of anilines is 5. The third-order valence-electron chi connectivity index (χ3n) is 7.79. The van der Waals surface area contributed by atoms with Crippen molar-refractivity contribution in [3.63, 3.8) is 0 Å². The number of nitrogens with zero attached hydrogens (tertiary/aromatic N) is 4. The number of nitrogens with one attached hydrogen (secondary N) is 4. The number of amides is 2. The summed E-state index contributed by atoms with van der Waals surface area (Å²) in [6.45, 7) is 5.03. The molecule has 1 unspecified atom stereocenters. The van der Waals surface area contributed by atoms with Gasteiger partial charge in [-0.3, -0.25) is 14.6 Å². The summed E-state index contributed by atoms with van der Waals surface area (Å²) in [5.41, 5.74) is 4.20. The average molecular weight is 595 g/mol. The lowest BCUT2D eigenvalue weighted by Crippen LogP contribution is -2.24. The van der Waals surface area contributed by atoms with E-state index < -0.39 is 0 Å². The number of carbonyl (C=O) groups excluding carboxylic acids is 2. The average Bonchev–Trinajstić information content (AvgIpc) is 3.43. The van der Waals surface area contributed by atoms with Crippen LogP contribution in [0.25, 0.3) is 0 Å². The summed E-state index contributed by atoms with van der Waals surface area (Å²) in [4.78, 5) is 41.6. The number of carbonyl (C=O) groups is 2. The number of hydrogen-bond acceptors (Lipinski definition) is 8. The molecule has 1 aliphatic carbocycles. The summed E-state index contributed by atoms with van der Waals surface area (Å²) in [6, 6.07) is 14.7. The second kappa shape index (κ2) is 14.3. The minimum atomic E-state index is -0.253. The Labute approximate surface area is 259 Å². The number of rotatable bonds is 11. The first kappa shape index (κ1) is 30.9. The highest BCUT2D eigenvalue weighted by Gasteiger charge is 2.28. The van der Waals surface area contributed by atoms with Crippen molar-refractivity contribution in [1.82, 2.24) is 14.9 Å². The molecular formula is C34H42N8O2. The van der Waals surface area contributed by atoms with E-state index in [0.717, 1.165) is 29.9 Å². The van der Waals surface area contributed by atoms with Gasteiger partial charge in [0.2, 0.25) is 11.9 Å². The zero-order valence-corrected chi connectivity index (χ0v) is 25.9. The molecule has 44 heavy (non-hydrogen) atoms. The van der Waals surface area contributed by atoms with Gasteiger partial charge in [0.25, 0.3) is 5.91 Å². The van der Waals surface area contributed by atoms with Crippen molar-refractivity contribution in [2.24, 2.45) is 10.9 Å². The van der Waals surface area contributed by atoms with Crippen molar-refractivity contribution in [3.05, 3.63) is 71.9 Å². The van der Waals surface area contributed by atoms with Crippen LogP contribution in [0.2, 0.25) is 0 Å². The summed E-state index contributed by atoms with van der Waals surface area (Å²) in [7, 11) is 3.87. The van der Waals surface area contributed by atoms with Crippen molar-refractivity contribution in [2.75, 3.05) is 41.9 Å². The van der Waals surface area contributed by atoms with E-state index in [4.69, 9.17) is 15.0 Å². The van der Waals surface area contributed by atoms with Crippen LogP contribution in [0.15, 0.2) is 65.7 Å². The molecule has 1 saturated carbocycles. The van der Waals surface area contributed by atoms with E-state index in [1.807, 2.05) is 49.5 Å². The van der Waals surface area contributed by atoms with Gasteiger partial charge in [0.15, 0.2) is 5.82 Å². The molecule has 3 aromatic rings. The molecule has 10 heteroatoms. The van der Waals surface area contributed by atoms with Gasteiger partial charge in [-0.15, -0.1) is 0 Å². The summed E-state index contributed by atoms with van der Waals surface area (Å²) in [5.74, 6) is 1.29. The van der Waals surface area contributed by atoms with E-state index in [-0.39, 0.29) is 17.7 Å². The Hall–Kier alpha value is -4.57. The van der Waals surface area contributed by atoms with Gasteiger partial charge in [0, 0.05) is 53.4 Å². The minimum Gasteiger partial charge on any atom is -0.351 e. The molecule has 230 valence electrons. The number of fused-ring (bicyclic) bond motifs is 1. The monoisotopic (exact) mass is 594 g/mol. The number of likely N-dealkylation sites (N-methyl/N-ethyl adjacent to an activating group) is 1. The maximum atomic E-state index is 13.0. The first-order valence-electron chi connectivity index (χ1n) is 15.4. The van der Waals surface area contributed by atoms with E-state index in [1.165, 1.54) is 25.3 Å². The molecule has 0 radical (unpaired) electrons. The lowest BCUT2D eigenvalue weighted by molar-refractivity contribution is -0.111. The first-order valence-corrected chi connectivity index (χ1v) is 15.4. The molecule has 4 N–H and O–H groups in total. The van der Waals surface area contributed by atoms with Crippen LogP contribution < -0.4 is 21.3 Å². The van der Waals surface area contributed by atoms with Gasteiger partial charge >= 0.3 is 0 Å². The van der Waals surface area contributed by atoms with E-state index in [2.05, 4.69) is 35.1 Å². The molecular weight excluding hydrogens is 552 g/mol. The summed E-state index contributed by atoms with van der Waals surface area (Å²) >= 11 is 0. The molecule has 0 spiro atoms. The van der Waals surface area contributed by atoms with Crippen molar-refractivity contribution < 1.29 is 9.59 Å². The predicted molar refractivity (Wildman–Crippen MR) is 179 cm³/mol. The standard InChI is InChI=1S/C34H42N8O2/c1-22(2)28-21-35-31-30(28)40-34(39-24-10-6-5-7-11-24)41-32(31)37-26-12-8-13-27(20-26)38-33(44)23-15-17-25(18-16-23)36-29(43)14-9-19-42(3)4/h8-9,12-18,20-22,24,28H,5-7,10-11,19H2,1-4H3,(H,36,43)(H,38,44)(H2,37,39,40,41)/b14-9+. The largest absolute Gasteiger partial charge is 0.351 e. The zero-order valence-electron chi connectivity index (χ0n) is 25.9. The van der Waals surface area contributed by atoms with E-state index in [0.29, 0.717) is 47.2 Å².